The van der Waals surface area contributed by atoms with Gasteiger partial charge in [-0.2, -0.15) is 4.98 Å². The number of hydrogen-bond donors (Lipinski definition) is 1. The molecule has 0 radical (unpaired) electrons. The average Bonchev–Trinajstić information content (AvgIpc) is 2.49. The predicted molar refractivity (Wildman–Crippen MR) is 78.7 cm³/mol. The van der Waals surface area contributed by atoms with Gasteiger partial charge in [0.25, 0.3) is 0 Å². The van der Waals surface area contributed by atoms with Crippen molar-refractivity contribution in [2.45, 2.75) is 50.1 Å². The Morgan fingerprint density at radius 3 is 2.62 bits per heavy atom. The fourth-order valence-electron chi connectivity index (χ4n) is 2.30. The lowest BCUT2D eigenvalue weighted by Gasteiger charge is -2.29. The van der Waals surface area contributed by atoms with Gasteiger partial charge in [-0.25, -0.2) is 0 Å². The third-order valence-corrected chi connectivity index (χ3v) is 3.67. The molecule has 1 atom stereocenters. The summed E-state index contributed by atoms with van der Waals surface area (Å²) in [6.07, 6.45) is 6.67. The molecule has 1 aliphatic rings. The standard InChI is InChI=1S/C14H20ClN3O3/c1-9(15)14(19)17-10-3-5-11(6-4-10)21-13-8-16-7-12(18-13)20-2/h7-11H,3-6H2,1-2H3,(H,17,19). The fraction of sp³-hybridized carbons (Fsp3) is 0.643. The Bertz CT molecular complexity index is 476. The van der Waals surface area contributed by atoms with Crippen LogP contribution in [0.4, 0.5) is 0 Å². The molecule has 6 nitrogen and oxygen atoms in total. The maximum atomic E-state index is 11.5. The van der Waals surface area contributed by atoms with Gasteiger partial charge in [0, 0.05) is 6.04 Å². The lowest BCUT2D eigenvalue weighted by atomic mass is 9.93. The molecule has 1 aromatic heterocycles. The van der Waals surface area contributed by atoms with E-state index >= 15 is 0 Å². The van der Waals surface area contributed by atoms with Gasteiger partial charge in [0.15, 0.2) is 0 Å². The minimum absolute atomic E-state index is 0.0907. The number of carbonyl (C=O) groups is 1. The first kappa shape index (κ1) is 15.8. The summed E-state index contributed by atoms with van der Waals surface area (Å²) in [6, 6.07) is 0.176. The molecule has 1 amide bonds. The van der Waals surface area contributed by atoms with Crippen LogP contribution < -0.4 is 14.8 Å². The van der Waals surface area contributed by atoms with Crippen LogP contribution >= 0.6 is 11.6 Å². The summed E-state index contributed by atoms with van der Waals surface area (Å²) in [5.74, 6) is 0.792. The number of carbonyl (C=O) groups excluding carboxylic acids is 1. The molecule has 1 aromatic rings. The first-order chi connectivity index (χ1) is 10.1. The molecule has 1 heterocycles. The van der Waals surface area contributed by atoms with Crippen LogP contribution in [0.3, 0.4) is 0 Å². The highest BCUT2D eigenvalue weighted by Gasteiger charge is 2.25. The molecule has 116 valence electrons. The molecule has 1 fully saturated rings. The van der Waals surface area contributed by atoms with E-state index in [9.17, 15) is 4.79 Å². The van der Waals surface area contributed by atoms with Gasteiger partial charge in [-0.1, -0.05) is 0 Å². The number of rotatable bonds is 5. The van der Waals surface area contributed by atoms with Gasteiger partial charge in [-0.15, -0.1) is 11.6 Å². The smallest absolute Gasteiger partial charge is 0.237 e. The maximum absolute atomic E-state index is 11.5. The van der Waals surface area contributed by atoms with E-state index in [0.29, 0.717) is 11.8 Å². The number of methoxy groups -OCH3 is 1. The molecule has 7 heteroatoms. The zero-order chi connectivity index (χ0) is 15.2. The van der Waals surface area contributed by atoms with E-state index in [1.165, 1.54) is 6.20 Å². The molecule has 0 bridgehead atoms. The van der Waals surface area contributed by atoms with Crippen molar-refractivity contribution in [2.24, 2.45) is 0 Å². The highest BCUT2D eigenvalue weighted by molar-refractivity contribution is 6.30. The lowest BCUT2D eigenvalue weighted by molar-refractivity contribution is -0.121. The Balaban J connectivity index is 1.80. The van der Waals surface area contributed by atoms with Crippen LogP contribution in [-0.4, -0.2) is 40.5 Å². The average molecular weight is 314 g/mol. The number of hydrogen-bond acceptors (Lipinski definition) is 5. The van der Waals surface area contributed by atoms with Crippen LogP contribution in [0, 0.1) is 0 Å². The monoisotopic (exact) mass is 313 g/mol. The molecule has 0 aliphatic heterocycles. The zero-order valence-electron chi connectivity index (χ0n) is 12.2. The summed E-state index contributed by atoms with van der Waals surface area (Å²) in [4.78, 5) is 19.7. The number of halogens is 1. The summed E-state index contributed by atoms with van der Waals surface area (Å²) in [5.41, 5.74) is 0. The van der Waals surface area contributed by atoms with Crippen LogP contribution in [0.25, 0.3) is 0 Å². The second-order valence-electron chi connectivity index (χ2n) is 5.12. The third kappa shape index (κ3) is 4.74. The first-order valence-electron chi connectivity index (χ1n) is 7.05. The van der Waals surface area contributed by atoms with Gasteiger partial charge in [0.05, 0.1) is 19.5 Å². The first-order valence-corrected chi connectivity index (χ1v) is 7.49. The number of amides is 1. The molecular formula is C14H20ClN3O3. The van der Waals surface area contributed by atoms with Crippen molar-refractivity contribution in [3.05, 3.63) is 12.4 Å². The van der Waals surface area contributed by atoms with Gasteiger partial charge in [0.1, 0.15) is 11.5 Å². The van der Waals surface area contributed by atoms with Crippen LogP contribution in [0.1, 0.15) is 32.6 Å². The summed E-state index contributed by atoms with van der Waals surface area (Å²) in [7, 11) is 1.54. The van der Waals surface area contributed by atoms with Crippen molar-refractivity contribution in [2.75, 3.05) is 7.11 Å². The summed E-state index contributed by atoms with van der Waals surface area (Å²) >= 11 is 5.75. The SMILES string of the molecule is COc1cncc(OC2CCC(NC(=O)C(C)Cl)CC2)n1. The fourth-order valence-corrected chi connectivity index (χ4v) is 2.36. The predicted octanol–water partition coefficient (Wildman–Crippen LogP) is 1.92. The largest absolute Gasteiger partial charge is 0.480 e. The quantitative estimate of drug-likeness (QED) is 0.841. The normalized spacial score (nSPS) is 23.2. The topological polar surface area (TPSA) is 73.3 Å². The summed E-state index contributed by atoms with van der Waals surface area (Å²) in [5, 5.41) is 2.45. The van der Waals surface area contributed by atoms with Crippen molar-refractivity contribution in [3.8, 4) is 11.8 Å². The van der Waals surface area contributed by atoms with Gasteiger partial charge >= 0.3 is 0 Å². The van der Waals surface area contributed by atoms with E-state index in [-0.39, 0.29) is 18.1 Å². The molecule has 0 aromatic carbocycles. The van der Waals surface area contributed by atoms with Crippen molar-refractivity contribution < 1.29 is 14.3 Å². The van der Waals surface area contributed by atoms with E-state index in [1.54, 1.807) is 20.2 Å². The van der Waals surface area contributed by atoms with Crippen molar-refractivity contribution in [3.63, 3.8) is 0 Å². The second kappa shape index (κ2) is 7.45. The minimum atomic E-state index is -0.494. The lowest BCUT2D eigenvalue weighted by Crippen LogP contribution is -2.42. The Morgan fingerprint density at radius 1 is 1.33 bits per heavy atom. The molecule has 1 aliphatic carbocycles. The minimum Gasteiger partial charge on any atom is -0.480 e. The van der Waals surface area contributed by atoms with E-state index in [0.717, 1.165) is 25.7 Å². The number of aromatic nitrogens is 2. The van der Waals surface area contributed by atoms with E-state index in [4.69, 9.17) is 21.1 Å². The van der Waals surface area contributed by atoms with Gasteiger partial charge in [-0.05, 0) is 32.6 Å². The molecule has 0 saturated heterocycles. The Kier molecular flexibility index (Phi) is 5.61. The van der Waals surface area contributed by atoms with Crippen molar-refractivity contribution in [1.82, 2.24) is 15.3 Å². The second-order valence-corrected chi connectivity index (χ2v) is 5.77. The van der Waals surface area contributed by atoms with Crippen LogP contribution in [-0.2, 0) is 4.79 Å². The summed E-state index contributed by atoms with van der Waals surface area (Å²) < 4.78 is 10.8. The van der Waals surface area contributed by atoms with E-state index in [2.05, 4.69) is 15.3 Å². The Morgan fingerprint density at radius 2 is 2.00 bits per heavy atom. The van der Waals surface area contributed by atoms with Crippen LogP contribution in [0.5, 0.6) is 11.8 Å². The van der Waals surface area contributed by atoms with Crippen LogP contribution in [0.15, 0.2) is 12.4 Å². The van der Waals surface area contributed by atoms with Crippen LogP contribution in [0.2, 0.25) is 0 Å². The van der Waals surface area contributed by atoms with Gasteiger partial charge in [0.2, 0.25) is 17.7 Å². The van der Waals surface area contributed by atoms with E-state index < -0.39 is 5.38 Å². The van der Waals surface area contributed by atoms with Crippen molar-refractivity contribution >= 4 is 17.5 Å². The number of alkyl halides is 1. The van der Waals surface area contributed by atoms with Gasteiger partial charge in [-0.3, -0.25) is 9.78 Å². The number of nitrogens with one attached hydrogen (secondary N) is 1. The molecule has 0 spiro atoms. The Hall–Kier alpha value is -1.56. The molecular weight excluding hydrogens is 294 g/mol. The molecule has 2 rings (SSSR count). The highest BCUT2D eigenvalue weighted by Crippen LogP contribution is 2.23. The molecule has 1 N–H and O–H groups in total. The number of ether oxygens (including phenoxy) is 2. The Labute approximate surface area is 129 Å². The number of nitrogens with zero attached hydrogens (tertiary/aromatic N) is 2. The molecule has 1 saturated carbocycles. The zero-order valence-corrected chi connectivity index (χ0v) is 13.0. The highest BCUT2D eigenvalue weighted by atomic mass is 35.5. The molecule has 21 heavy (non-hydrogen) atoms. The van der Waals surface area contributed by atoms with Crippen molar-refractivity contribution in [1.29, 1.82) is 0 Å². The summed E-state index contributed by atoms with van der Waals surface area (Å²) in [6.45, 7) is 1.67. The third-order valence-electron chi connectivity index (χ3n) is 3.47. The molecule has 1 unspecified atom stereocenters. The van der Waals surface area contributed by atoms with E-state index in [1.807, 2.05) is 0 Å². The van der Waals surface area contributed by atoms with Gasteiger partial charge < -0.3 is 14.8 Å². The maximum Gasteiger partial charge on any atom is 0.237 e.